The maximum atomic E-state index is 13.9. The number of aromatic nitrogens is 2. The Labute approximate surface area is 110 Å². The van der Waals surface area contributed by atoms with E-state index in [1.807, 2.05) is 18.5 Å². The molecular weight excluding hydrogens is 248 g/mol. The number of hydrogen-bond acceptors (Lipinski definition) is 2. The van der Waals surface area contributed by atoms with E-state index in [0.717, 1.165) is 36.1 Å². The van der Waals surface area contributed by atoms with Gasteiger partial charge in [-0.1, -0.05) is 6.07 Å². The number of rotatable bonds is 1. The molecule has 0 radical (unpaired) electrons. The molecule has 1 aromatic carbocycles. The molecule has 0 saturated heterocycles. The molecule has 1 N–H and O–H groups in total. The molecule has 0 spiro atoms. The summed E-state index contributed by atoms with van der Waals surface area (Å²) < 4.78 is 28.7. The minimum absolute atomic E-state index is 0.177. The van der Waals surface area contributed by atoms with Gasteiger partial charge in [0.1, 0.15) is 17.5 Å². The lowest BCUT2D eigenvalue weighted by molar-refractivity contribution is 0.453. The lowest BCUT2D eigenvalue weighted by Gasteiger charge is -2.26. The molecule has 3 rings (SSSR count). The van der Waals surface area contributed by atoms with Gasteiger partial charge in [0, 0.05) is 23.7 Å². The third-order valence-corrected chi connectivity index (χ3v) is 3.71. The van der Waals surface area contributed by atoms with Gasteiger partial charge in [-0.05, 0) is 26.3 Å². The van der Waals surface area contributed by atoms with Crippen LogP contribution in [0, 0.1) is 25.5 Å². The highest BCUT2D eigenvalue weighted by molar-refractivity contribution is 5.49. The molecule has 2 heterocycles. The first-order valence-corrected chi connectivity index (χ1v) is 6.32. The van der Waals surface area contributed by atoms with Gasteiger partial charge >= 0.3 is 0 Å². The Bertz CT molecular complexity index is 634. The summed E-state index contributed by atoms with van der Waals surface area (Å²) in [5, 5.41) is 7.75. The molecule has 1 unspecified atom stereocenters. The van der Waals surface area contributed by atoms with E-state index in [1.54, 1.807) is 0 Å². The molecule has 1 aromatic heterocycles. The van der Waals surface area contributed by atoms with Crippen molar-refractivity contribution >= 4 is 5.82 Å². The van der Waals surface area contributed by atoms with Crippen LogP contribution >= 0.6 is 0 Å². The van der Waals surface area contributed by atoms with Crippen molar-refractivity contribution in [3.8, 4) is 0 Å². The highest BCUT2D eigenvalue weighted by Gasteiger charge is 2.26. The molecule has 19 heavy (non-hydrogen) atoms. The monoisotopic (exact) mass is 263 g/mol. The van der Waals surface area contributed by atoms with Gasteiger partial charge in [0.25, 0.3) is 0 Å². The zero-order valence-electron chi connectivity index (χ0n) is 10.9. The summed E-state index contributed by atoms with van der Waals surface area (Å²) in [4.78, 5) is 0. The van der Waals surface area contributed by atoms with E-state index in [2.05, 4.69) is 10.4 Å². The Morgan fingerprint density at radius 1 is 1.32 bits per heavy atom. The Morgan fingerprint density at radius 2 is 2.11 bits per heavy atom. The van der Waals surface area contributed by atoms with Crippen LogP contribution in [-0.4, -0.2) is 16.3 Å². The number of nitrogens with one attached hydrogen (secondary N) is 1. The number of benzene rings is 1. The zero-order chi connectivity index (χ0) is 13.6. The van der Waals surface area contributed by atoms with Crippen LogP contribution in [0.4, 0.5) is 14.6 Å². The lowest BCUT2D eigenvalue weighted by Crippen LogP contribution is -2.25. The molecule has 2 aromatic rings. The molecule has 5 heteroatoms. The van der Waals surface area contributed by atoms with E-state index in [0.29, 0.717) is 5.56 Å². The van der Waals surface area contributed by atoms with E-state index < -0.39 is 11.6 Å². The number of halogens is 2. The van der Waals surface area contributed by atoms with Crippen molar-refractivity contribution < 1.29 is 8.78 Å². The van der Waals surface area contributed by atoms with Crippen LogP contribution in [0.15, 0.2) is 18.2 Å². The second-order valence-electron chi connectivity index (χ2n) is 4.90. The molecule has 0 amide bonds. The smallest absolute Gasteiger partial charge is 0.131 e. The van der Waals surface area contributed by atoms with Crippen molar-refractivity contribution in [2.45, 2.75) is 26.3 Å². The first-order chi connectivity index (χ1) is 9.08. The fraction of sp³-hybridized carbons (Fsp3) is 0.357. The first kappa shape index (κ1) is 12.1. The molecule has 1 atom stereocenters. The summed E-state index contributed by atoms with van der Waals surface area (Å²) in [6, 6.07) is 3.56. The molecule has 0 fully saturated rings. The topological polar surface area (TPSA) is 29.9 Å². The predicted octanol–water partition coefficient (Wildman–Crippen LogP) is 3.18. The van der Waals surface area contributed by atoms with Crippen LogP contribution in [0.3, 0.4) is 0 Å². The van der Waals surface area contributed by atoms with E-state index in [4.69, 9.17) is 0 Å². The van der Waals surface area contributed by atoms with Gasteiger partial charge in [0.05, 0.1) is 11.7 Å². The second-order valence-corrected chi connectivity index (χ2v) is 4.90. The van der Waals surface area contributed by atoms with Crippen LogP contribution in [0.25, 0.3) is 0 Å². The molecule has 0 aliphatic carbocycles. The third kappa shape index (κ3) is 1.89. The Hall–Kier alpha value is -1.91. The van der Waals surface area contributed by atoms with Gasteiger partial charge in [0.15, 0.2) is 0 Å². The molecule has 100 valence electrons. The van der Waals surface area contributed by atoms with Gasteiger partial charge in [-0.2, -0.15) is 5.10 Å². The number of aryl methyl sites for hydroxylation is 1. The average Bonchev–Trinajstić information content (AvgIpc) is 2.66. The van der Waals surface area contributed by atoms with E-state index in [1.165, 1.54) is 12.1 Å². The number of anilines is 1. The highest BCUT2D eigenvalue weighted by Crippen LogP contribution is 2.33. The van der Waals surface area contributed by atoms with Gasteiger partial charge in [0.2, 0.25) is 0 Å². The summed E-state index contributed by atoms with van der Waals surface area (Å²) in [5.74, 6) is -0.135. The first-order valence-electron chi connectivity index (χ1n) is 6.32. The fourth-order valence-electron chi connectivity index (χ4n) is 2.58. The largest absolute Gasteiger partial charge is 0.370 e. The van der Waals surface area contributed by atoms with E-state index in [-0.39, 0.29) is 6.04 Å². The molecule has 3 nitrogen and oxygen atoms in total. The minimum Gasteiger partial charge on any atom is -0.370 e. The zero-order valence-corrected chi connectivity index (χ0v) is 10.9. The summed E-state index contributed by atoms with van der Waals surface area (Å²) in [7, 11) is 0. The van der Waals surface area contributed by atoms with E-state index >= 15 is 0 Å². The summed E-state index contributed by atoms with van der Waals surface area (Å²) in [6.07, 6.45) is 0.732. The normalized spacial score (nSPS) is 18.0. The molecule has 0 saturated carbocycles. The quantitative estimate of drug-likeness (QED) is 0.856. The summed E-state index contributed by atoms with van der Waals surface area (Å²) >= 11 is 0. The lowest BCUT2D eigenvalue weighted by atomic mass is 10.0. The van der Waals surface area contributed by atoms with Crippen molar-refractivity contribution in [1.29, 1.82) is 0 Å². The van der Waals surface area contributed by atoms with Gasteiger partial charge in [-0.15, -0.1) is 0 Å². The van der Waals surface area contributed by atoms with Crippen LogP contribution in [0.2, 0.25) is 0 Å². The molecule has 1 aliphatic rings. The molecular formula is C14H15F2N3. The molecule has 0 bridgehead atoms. The minimum atomic E-state index is -0.553. The van der Waals surface area contributed by atoms with E-state index in [9.17, 15) is 8.78 Å². The van der Waals surface area contributed by atoms with Crippen molar-refractivity contribution in [1.82, 2.24) is 9.78 Å². The van der Waals surface area contributed by atoms with Crippen molar-refractivity contribution in [3.05, 3.63) is 46.7 Å². The van der Waals surface area contributed by atoms with Gasteiger partial charge in [-0.3, -0.25) is 0 Å². The number of fused-ring (bicyclic) bond motifs is 1. The standard InChI is InChI=1S/C14H15F2N3/c1-8-9(2)18-19-13(5-6-17-14(8)19)11-4-3-10(15)7-12(11)16/h3-4,7,13,17H,5-6H2,1-2H3. The summed E-state index contributed by atoms with van der Waals surface area (Å²) in [5.41, 5.74) is 2.50. The Kier molecular flexibility index (Phi) is 2.77. The Balaban J connectivity index is 2.11. The van der Waals surface area contributed by atoms with Crippen molar-refractivity contribution in [2.24, 2.45) is 0 Å². The number of hydrogen-bond donors (Lipinski definition) is 1. The number of nitrogens with zero attached hydrogens (tertiary/aromatic N) is 2. The van der Waals surface area contributed by atoms with Crippen molar-refractivity contribution in [2.75, 3.05) is 11.9 Å². The van der Waals surface area contributed by atoms with Crippen LogP contribution in [0.5, 0.6) is 0 Å². The molecule has 1 aliphatic heterocycles. The summed E-state index contributed by atoms with van der Waals surface area (Å²) in [6.45, 7) is 4.68. The third-order valence-electron chi connectivity index (χ3n) is 3.71. The van der Waals surface area contributed by atoms with Gasteiger partial charge < -0.3 is 5.32 Å². The second kappa shape index (κ2) is 4.33. The van der Waals surface area contributed by atoms with Crippen LogP contribution < -0.4 is 5.32 Å². The maximum absolute atomic E-state index is 13.9. The average molecular weight is 263 g/mol. The predicted molar refractivity (Wildman–Crippen MR) is 69.3 cm³/mol. The van der Waals surface area contributed by atoms with Crippen LogP contribution in [0.1, 0.15) is 29.3 Å². The Morgan fingerprint density at radius 3 is 2.84 bits per heavy atom. The highest BCUT2D eigenvalue weighted by atomic mass is 19.1. The fourth-order valence-corrected chi connectivity index (χ4v) is 2.58. The van der Waals surface area contributed by atoms with Gasteiger partial charge in [-0.25, -0.2) is 13.5 Å². The van der Waals surface area contributed by atoms with Crippen LogP contribution in [-0.2, 0) is 0 Å². The van der Waals surface area contributed by atoms with Crippen molar-refractivity contribution in [3.63, 3.8) is 0 Å². The SMILES string of the molecule is Cc1nn2c(c1C)NCCC2c1ccc(F)cc1F. The maximum Gasteiger partial charge on any atom is 0.131 e.